The number of fused-ring (bicyclic) bond motifs is 2. The molecular formula is C23H24. The van der Waals surface area contributed by atoms with Gasteiger partial charge in [-0.2, -0.15) is 0 Å². The highest BCUT2D eigenvalue weighted by Gasteiger charge is 2.18. The third-order valence-electron chi connectivity index (χ3n) is 4.89. The topological polar surface area (TPSA) is 0 Å². The van der Waals surface area contributed by atoms with Gasteiger partial charge < -0.3 is 0 Å². The van der Waals surface area contributed by atoms with Crippen LogP contribution in [0.15, 0.2) is 71.9 Å². The lowest BCUT2D eigenvalue weighted by Gasteiger charge is -2.24. The van der Waals surface area contributed by atoms with Crippen LogP contribution in [-0.4, -0.2) is 0 Å². The van der Waals surface area contributed by atoms with Crippen LogP contribution in [0.4, 0.5) is 0 Å². The van der Waals surface area contributed by atoms with Gasteiger partial charge in [0.2, 0.25) is 0 Å². The molecule has 0 N–H and O–H groups in total. The third-order valence-corrected chi connectivity index (χ3v) is 4.89. The van der Waals surface area contributed by atoms with E-state index in [2.05, 4.69) is 69.5 Å². The minimum atomic E-state index is 0.594. The fourth-order valence-corrected chi connectivity index (χ4v) is 3.48. The normalized spacial score (nSPS) is 26.9. The summed E-state index contributed by atoms with van der Waals surface area (Å²) >= 11 is 0. The van der Waals surface area contributed by atoms with Crippen LogP contribution in [0.5, 0.6) is 0 Å². The van der Waals surface area contributed by atoms with E-state index in [0.29, 0.717) is 5.92 Å². The van der Waals surface area contributed by atoms with Gasteiger partial charge in [-0.1, -0.05) is 61.7 Å². The van der Waals surface area contributed by atoms with E-state index in [0.717, 1.165) is 23.3 Å². The molecular weight excluding hydrogens is 276 g/mol. The van der Waals surface area contributed by atoms with Crippen molar-refractivity contribution in [3.8, 4) is 0 Å². The summed E-state index contributed by atoms with van der Waals surface area (Å²) in [4.78, 5) is 0. The van der Waals surface area contributed by atoms with Gasteiger partial charge in [0.05, 0.1) is 0 Å². The van der Waals surface area contributed by atoms with Crippen LogP contribution in [0.3, 0.4) is 0 Å². The molecule has 0 heterocycles. The molecule has 116 valence electrons. The largest absolute Gasteiger partial charge is 0.0990 e. The van der Waals surface area contributed by atoms with Gasteiger partial charge in [0.25, 0.3) is 0 Å². The van der Waals surface area contributed by atoms with Gasteiger partial charge in [0.1, 0.15) is 0 Å². The Morgan fingerprint density at radius 1 is 1.17 bits per heavy atom. The Bertz CT molecular complexity index is 869. The molecule has 1 aromatic rings. The summed E-state index contributed by atoms with van der Waals surface area (Å²) in [6.45, 7) is 12.5. The summed E-state index contributed by atoms with van der Waals surface area (Å²) in [5.74, 6) is 0.594. The smallest absolute Gasteiger partial charge is 0.0149 e. The Kier molecular flexibility index (Phi) is 4.34. The minimum Gasteiger partial charge on any atom is -0.0990 e. The second kappa shape index (κ2) is 6.42. The van der Waals surface area contributed by atoms with Gasteiger partial charge >= 0.3 is 0 Å². The monoisotopic (exact) mass is 300 g/mol. The summed E-state index contributed by atoms with van der Waals surface area (Å²) in [6, 6.07) is 6.59. The molecule has 0 amide bonds. The molecule has 0 saturated carbocycles. The van der Waals surface area contributed by atoms with Crippen molar-refractivity contribution in [1.29, 1.82) is 0 Å². The van der Waals surface area contributed by atoms with Gasteiger partial charge in [0.15, 0.2) is 0 Å². The molecule has 0 aliphatic heterocycles. The lowest BCUT2D eigenvalue weighted by Crippen LogP contribution is -2.23. The minimum absolute atomic E-state index is 0.594. The quantitative estimate of drug-likeness (QED) is 0.743. The number of allylic oxidation sites excluding steroid dienone is 9. The molecule has 2 aliphatic carbocycles. The molecule has 3 rings (SSSR count). The average Bonchev–Trinajstić information content (AvgIpc) is 2.54. The van der Waals surface area contributed by atoms with Gasteiger partial charge in [0, 0.05) is 0 Å². The Morgan fingerprint density at radius 2 is 2.00 bits per heavy atom. The first-order chi connectivity index (χ1) is 11.1. The van der Waals surface area contributed by atoms with E-state index >= 15 is 0 Å². The van der Waals surface area contributed by atoms with E-state index in [4.69, 9.17) is 0 Å². The second-order valence-electron chi connectivity index (χ2n) is 6.54. The molecule has 0 heteroatoms. The maximum absolute atomic E-state index is 4.20. The maximum Gasteiger partial charge on any atom is -0.0149 e. The molecule has 0 fully saturated rings. The number of rotatable bonds is 2. The fourth-order valence-electron chi connectivity index (χ4n) is 3.48. The zero-order chi connectivity index (χ0) is 16.4. The summed E-state index contributed by atoms with van der Waals surface area (Å²) in [7, 11) is 0. The zero-order valence-corrected chi connectivity index (χ0v) is 14.1. The summed E-state index contributed by atoms with van der Waals surface area (Å²) in [5.41, 5.74) is 6.96. The van der Waals surface area contributed by atoms with Crippen LogP contribution in [0.2, 0.25) is 0 Å². The van der Waals surface area contributed by atoms with Crippen molar-refractivity contribution in [2.24, 2.45) is 5.92 Å². The van der Waals surface area contributed by atoms with E-state index in [1.165, 1.54) is 27.9 Å². The highest BCUT2D eigenvalue weighted by molar-refractivity contribution is 5.73. The molecule has 2 aliphatic rings. The van der Waals surface area contributed by atoms with Crippen LogP contribution >= 0.6 is 0 Å². The van der Waals surface area contributed by atoms with Crippen LogP contribution in [0.25, 0.3) is 18.2 Å². The van der Waals surface area contributed by atoms with Gasteiger partial charge in [-0.3, -0.25) is 0 Å². The van der Waals surface area contributed by atoms with E-state index in [1.54, 1.807) is 0 Å². The van der Waals surface area contributed by atoms with Crippen LogP contribution in [-0.2, 0) is 0 Å². The van der Waals surface area contributed by atoms with Gasteiger partial charge in [-0.05, 0) is 77.0 Å². The van der Waals surface area contributed by atoms with E-state index in [-0.39, 0.29) is 0 Å². The molecule has 0 spiro atoms. The molecule has 1 aromatic carbocycles. The first-order valence-corrected chi connectivity index (χ1v) is 8.26. The first kappa shape index (κ1) is 15.6. The predicted molar refractivity (Wildman–Crippen MR) is 102 cm³/mol. The van der Waals surface area contributed by atoms with Crippen molar-refractivity contribution in [2.75, 3.05) is 0 Å². The molecule has 0 radical (unpaired) electrons. The van der Waals surface area contributed by atoms with Crippen molar-refractivity contribution in [1.82, 2.24) is 0 Å². The molecule has 2 bridgehead atoms. The Hall–Kier alpha value is -2.34. The highest BCUT2D eigenvalue weighted by atomic mass is 14.2. The van der Waals surface area contributed by atoms with Crippen molar-refractivity contribution in [2.45, 2.75) is 26.7 Å². The standard InChI is InChI=1S/C23H24/c1-5-7-21-10-11-22(13-17(21)3)23-15-20-9-6-8-19(14-20)12-16(2)18(23)4/h5-13,20H,1,3,14-15H2,2,4H3/b16-12-,21-7-,23-18+. The Labute approximate surface area is 139 Å². The second-order valence-corrected chi connectivity index (χ2v) is 6.54. The lowest BCUT2D eigenvalue weighted by atomic mass is 9.80. The summed E-state index contributed by atoms with van der Waals surface area (Å²) < 4.78 is 0. The van der Waals surface area contributed by atoms with Crippen molar-refractivity contribution in [3.05, 3.63) is 87.9 Å². The summed E-state index contributed by atoms with van der Waals surface area (Å²) in [6.07, 6.45) is 15.2. The van der Waals surface area contributed by atoms with Gasteiger partial charge in [-0.25, -0.2) is 0 Å². The fraction of sp³-hybridized carbons (Fsp3) is 0.217. The summed E-state index contributed by atoms with van der Waals surface area (Å²) in [5, 5.41) is 2.20. The lowest BCUT2D eigenvalue weighted by molar-refractivity contribution is 0.658. The van der Waals surface area contributed by atoms with E-state index in [9.17, 15) is 0 Å². The van der Waals surface area contributed by atoms with Crippen molar-refractivity contribution >= 4 is 18.2 Å². The molecule has 1 unspecified atom stereocenters. The first-order valence-electron chi connectivity index (χ1n) is 8.26. The zero-order valence-electron chi connectivity index (χ0n) is 14.1. The van der Waals surface area contributed by atoms with Crippen molar-refractivity contribution in [3.63, 3.8) is 0 Å². The third kappa shape index (κ3) is 3.22. The SMILES string of the molecule is C=C/C=c1/ccc(/C2=C(C)/C(C)=C\C3=CC=CC(C3)C2)cc1=C. The molecule has 0 aromatic heterocycles. The average molecular weight is 300 g/mol. The number of hydrogen-bond acceptors (Lipinski definition) is 0. The highest BCUT2D eigenvalue weighted by Crippen LogP contribution is 2.36. The van der Waals surface area contributed by atoms with E-state index < -0.39 is 0 Å². The molecule has 0 nitrogen and oxygen atoms in total. The van der Waals surface area contributed by atoms with Crippen LogP contribution < -0.4 is 10.4 Å². The van der Waals surface area contributed by atoms with Crippen LogP contribution in [0.1, 0.15) is 32.3 Å². The number of benzene rings is 1. The predicted octanol–water partition coefficient (Wildman–Crippen LogP) is 4.69. The molecule has 1 atom stereocenters. The van der Waals surface area contributed by atoms with Crippen LogP contribution in [0, 0.1) is 5.92 Å². The van der Waals surface area contributed by atoms with Gasteiger partial charge in [-0.15, -0.1) is 0 Å². The maximum atomic E-state index is 4.20. The Balaban J connectivity index is 2.13. The molecule has 23 heavy (non-hydrogen) atoms. The Morgan fingerprint density at radius 3 is 2.74 bits per heavy atom. The van der Waals surface area contributed by atoms with Crippen molar-refractivity contribution < 1.29 is 0 Å². The number of hydrogen-bond donors (Lipinski definition) is 0. The molecule has 0 saturated heterocycles. The van der Waals surface area contributed by atoms with E-state index in [1.807, 2.05) is 12.2 Å².